The Morgan fingerprint density at radius 1 is 1.19 bits per heavy atom. The monoisotopic (exact) mass is 359 g/mol. The maximum absolute atomic E-state index is 12.5. The van der Waals surface area contributed by atoms with Gasteiger partial charge in [0, 0.05) is 17.7 Å². The van der Waals surface area contributed by atoms with Crippen molar-refractivity contribution >= 4 is 11.9 Å². The molecule has 5 heteroatoms. The van der Waals surface area contributed by atoms with Crippen LogP contribution in [0.4, 0.5) is 4.79 Å². The van der Waals surface area contributed by atoms with Crippen LogP contribution in [0.5, 0.6) is 0 Å². The van der Waals surface area contributed by atoms with Crippen molar-refractivity contribution in [2.24, 2.45) is 5.92 Å². The molecule has 5 nitrogen and oxygen atoms in total. The second kappa shape index (κ2) is 8.39. The molecule has 0 saturated heterocycles. The van der Waals surface area contributed by atoms with E-state index in [9.17, 15) is 9.59 Å². The van der Waals surface area contributed by atoms with E-state index in [2.05, 4.69) is 19.2 Å². The van der Waals surface area contributed by atoms with Gasteiger partial charge >= 0.3 is 6.09 Å². The number of ether oxygens (including phenoxy) is 2. The van der Waals surface area contributed by atoms with Crippen LogP contribution in [0.25, 0.3) is 0 Å². The van der Waals surface area contributed by atoms with Crippen LogP contribution < -0.4 is 5.32 Å². The van der Waals surface area contributed by atoms with Crippen molar-refractivity contribution in [1.29, 1.82) is 0 Å². The number of fused-ring (bicyclic) bond motifs is 1. The molecule has 0 fully saturated rings. The van der Waals surface area contributed by atoms with Gasteiger partial charge in [0.1, 0.15) is 12.4 Å². The summed E-state index contributed by atoms with van der Waals surface area (Å²) in [6, 6.07) is 7.50. The normalized spacial score (nSPS) is 19.2. The van der Waals surface area contributed by atoms with Crippen molar-refractivity contribution in [3.63, 3.8) is 0 Å². The van der Waals surface area contributed by atoms with E-state index in [1.807, 2.05) is 38.1 Å². The topological polar surface area (TPSA) is 64.6 Å². The Morgan fingerprint density at radius 2 is 1.88 bits per heavy atom. The number of benzene rings is 1. The number of carbonyl (C=O) groups is 2. The lowest BCUT2D eigenvalue weighted by Crippen LogP contribution is -2.42. The summed E-state index contributed by atoms with van der Waals surface area (Å²) in [4.78, 5) is 24.6. The number of hydrogen-bond acceptors (Lipinski definition) is 4. The number of rotatable bonds is 7. The van der Waals surface area contributed by atoms with Crippen molar-refractivity contribution in [1.82, 2.24) is 5.32 Å². The molecule has 1 N–H and O–H groups in total. The Kier molecular flexibility index (Phi) is 6.46. The van der Waals surface area contributed by atoms with Crippen LogP contribution in [0.2, 0.25) is 0 Å². The van der Waals surface area contributed by atoms with Crippen LogP contribution >= 0.6 is 0 Å². The van der Waals surface area contributed by atoms with E-state index >= 15 is 0 Å². The van der Waals surface area contributed by atoms with Crippen molar-refractivity contribution in [2.45, 2.75) is 52.0 Å². The zero-order valence-electron chi connectivity index (χ0n) is 16.3. The summed E-state index contributed by atoms with van der Waals surface area (Å²) in [5, 5.41) is 2.74. The fraction of sp³-hybridized carbons (Fsp3) is 0.524. The van der Waals surface area contributed by atoms with Crippen LogP contribution in [0, 0.1) is 5.92 Å². The van der Waals surface area contributed by atoms with Gasteiger partial charge in [-0.25, -0.2) is 4.79 Å². The highest BCUT2D eigenvalue weighted by Gasteiger charge is 2.44. The van der Waals surface area contributed by atoms with Gasteiger partial charge < -0.3 is 14.8 Å². The molecule has 1 aromatic carbocycles. The highest BCUT2D eigenvalue weighted by atomic mass is 16.6. The summed E-state index contributed by atoms with van der Waals surface area (Å²) in [6.07, 6.45) is 2.71. The minimum Gasteiger partial charge on any atom is -0.500 e. The molecule has 0 aliphatic heterocycles. The molecule has 1 aliphatic carbocycles. The van der Waals surface area contributed by atoms with E-state index in [-0.39, 0.29) is 18.4 Å². The van der Waals surface area contributed by atoms with E-state index in [1.165, 1.54) is 6.08 Å². The lowest BCUT2D eigenvalue weighted by atomic mass is 9.69. The lowest BCUT2D eigenvalue weighted by molar-refractivity contribution is 0.0868. The molecule has 0 saturated carbocycles. The Hall–Kier alpha value is -2.30. The third kappa shape index (κ3) is 4.26. The molecular weight excluding hydrogens is 330 g/mol. The van der Waals surface area contributed by atoms with Crippen LogP contribution in [-0.2, 0) is 14.9 Å². The number of allylic oxidation sites excluding steroid dienone is 1. The van der Waals surface area contributed by atoms with Crippen molar-refractivity contribution in [3.8, 4) is 0 Å². The third-order valence-electron chi connectivity index (χ3n) is 4.67. The van der Waals surface area contributed by atoms with Crippen LogP contribution in [-0.4, -0.2) is 31.6 Å². The van der Waals surface area contributed by atoms with Gasteiger partial charge in [-0.2, -0.15) is 0 Å². The Morgan fingerprint density at radius 3 is 2.50 bits per heavy atom. The standard InChI is InChI=1S/C21H29NO4/c1-14(2)10-11-21(13-26-20(24)22-15(3)4)17-9-7-6-8-16(17)18(23)12-19(21)25-5/h6-9,12,14-15H,10-11,13H2,1-5H3,(H,22,24). The molecule has 0 radical (unpaired) electrons. The maximum atomic E-state index is 12.5. The first-order valence-electron chi connectivity index (χ1n) is 9.13. The summed E-state index contributed by atoms with van der Waals surface area (Å²) in [5.41, 5.74) is 0.852. The molecule has 1 unspecified atom stereocenters. The molecule has 1 aliphatic rings. The molecule has 1 amide bonds. The van der Waals surface area contributed by atoms with Crippen LogP contribution in [0.15, 0.2) is 36.1 Å². The van der Waals surface area contributed by atoms with Crippen LogP contribution in [0.3, 0.4) is 0 Å². The largest absolute Gasteiger partial charge is 0.500 e. The molecule has 0 spiro atoms. The molecule has 0 heterocycles. The van der Waals surface area contributed by atoms with Gasteiger partial charge in [-0.1, -0.05) is 38.1 Å². The quantitative estimate of drug-likeness (QED) is 0.791. The average molecular weight is 359 g/mol. The Labute approximate surface area is 155 Å². The number of carbonyl (C=O) groups excluding carboxylic acids is 2. The van der Waals surface area contributed by atoms with E-state index < -0.39 is 11.5 Å². The zero-order valence-corrected chi connectivity index (χ0v) is 16.3. The first kappa shape index (κ1) is 20.0. The smallest absolute Gasteiger partial charge is 0.407 e. The SMILES string of the molecule is COC1=CC(=O)c2ccccc2C1(CCC(C)C)COC(=O)NC(C)C. The van der Waals surface area contributed by atoms with E-state index in [0.29, 0.717) is 17.2 Å². The minimum absolute atomic E-state index is 0.00762. The first-order chi connectivity index (χ1) is 12.3. The van der Waals surface area contributed by atoms with Gasteiger partial charge in [-0.3, -0.25) is 4.79 Å². The van der Waals surface area contributed by atoms with Gasteiger partial charge in [0.05, 0.1) is 12.5 Å². The first-order valence-corrected chi connectivity index (χ1v) is 9.13. The van der Waals surface area contributed by atoms with Gasteiger partial charge in [-0.15, -0.1) is 0 Å². The van der Waals surface area contributed by atoms with Crippen molar-refractivity contribution in [2.75, 3.05) is 13.7 Å². The van der Waals surface area contributed by atoms with Gasteiger partial charge in [0.2, 0.25) is 0 Å². The second-order valence-corrected chi connectivity index (χ2v) is 7.51. The molecule has 1 atom stereocenters. The molecule has 0 bridgehead atoms. The number of nitrogens with one attached hydrogen (secondary N) is 1. The van der Waals surface area contributed by atoms with Crippen LogP contribution in [0.1, 0.15) is 56.5 Å². The van der Waals surface area contributed by atoms with Crippen molar-refractivity contribution in [3.05, 3.63) is 47.2 Å². The number of alkyl carbamates (subject to hydrolysis) is 1. The lowest BCUT2D eigenvalue weighted by Gasteiger charge is -2.39. The molecule has 2 rings (SSSR count). The zero-order chi connectivity index (χ0) is 19.3. The second-order valence-electron chi connectivity index (χ2n) is 7.51. The summed E-state index contributed by atoms with van der Waals surface area (Å²) < 4.78 is 11.2. The highest BCUT2D eigenvalue weighted by molar-refractivity contribution is 6.08. The van der Waals surface area contributed by atoms with E-state index in [0.717, 1.165) is 18.4 Å². The van der Waals surface area contributed by atoms with Gasteiger partial charge in [-0.05, 0) is 38.2 Å². The van der Waals surface area contributed by atoms with E-state index in [4.69, 9.17) is 9.47 Å². The average Bonchev–Trinajstić information content (AvgIpc) is 2.59. The summed E-state index contributed by atoms with van der Waals surface area (Å²) in [5.74, 6) is 0.947. The number of ketones is 1. The predicted octanol–water partition coefficient (Wildman–Crippen LogP) is 4.22. The van der Waals surface area contributed by atoms with Gasteiger partial charge in [0.25, 0.3) is 0 Å². The number of amides is 1. The molecule has 142 valence electrons. The Balaban J connectivity index is 2.44. The predicted molar refractivity (Wildman–Crippen MR) is 101 cm³/mol. The summed E-state index contributed by atoms with van der Waals surface area (Å²) >= 11 is 0. The van der Waals surface area contributed by atoms with Crippen molar-refractivity contribution < 1.29 is 19.1 Å². The number of methoxy groups -OCH3 is 1. The Bertz CT molecular complexity index is 693. The molecule has 26 heavy (non-hydrogen) atoms. The molecule has 1 aromatic rings. The number of hydrogen-bond donors (Lipinski definition) is 1. The molecule has 0 aromatic heterocycles. The molecular formula is C21H29NO4. The maximum Gasteiger partial charge on any atom is 0.407 e. The highest BCUT2D eigenvalue weighted by Crippen LogP contribution is 2.43. The van der Waals surface area contributed by atoms with E-state index in [1.54, 1.807) is 7.11 Å². The minimum atomic E-state index is -0.655. The summed E-state index contributed by atoms with van der Waals surface area (Å²) in [7, 11) is 1.56. The summed E-state index contributed by atoms with van der Waals surface area (Å²) in [6.45, 7) is 8.18. The fourth-order valence-electron chi connectivity index (χ4n) is 3.32. The fourth-order valence-corrected chi connectivity index (χ4v) is 3.32. The van der Waals surface area contributed by atoms with Gasteiger partial charge in [0.15, 0.2) is 5.78 Å². The third-order valence-corrected chi connectivity index (χ3v) is 4.67.